The molecule has 0 saturated carbocycles. The Kier molecular flexibility index (Phi) is 3.53. The topological polar surface area (TPSA) is 39.4 Å². The number of benzene rings is 3. The maximum Gasteiger partial charge on any atom is 0.334 e. The van der Waals surface area contributed by atoms with Crippen LogP contribution < -0.4 is 0 Å². The molecule has 0 amide bonds. The van der Waals surface area contributed by atoms with E-state index in [9.17, 15) is 4.79 Å². The second-order valence-electron chi connectivity index (χ2n) is 7.12. The molecule has 1 aliphatic rings. The van der Waals surface area contributed by atoms with Crippen molar-refractivity contribution in [2.24, 2.45) is 0 Å². The minimum absolute atomic E-state index is 0.353. The minimum Gasteiger partial charge on any atom is -0.472 e. The number of ether oxygens (including phenoxy) is 1. The number of fused-ring (bicyclic) bond motifs is 2. The summed E-state index contributed by atoms with van der Waals surface area (Å²) >= 11 is 0. The average molecular weight is 366 g/mol. The van der Waals surface area contributed by atoms with Gasteiger partial charge in [0.15, 0.2) is 5.60 Å². The van der Waals surface area contributed by atoms with Crippen LogP contribution in [0.5, 0.6) is 0 Å². The van der Waals surface area contributed by atoms with Gasteiger partial charge in [0.05, 0.1) is 12.5 Å². The SMILES string of the molecule is C=C(C)C(=O)OC1(c2ccoc2)c2ccccc2-c2cccc3cccc1c23. The Labute approximate surface area is 162 Å². The van der Waals surface area contributed by atoms with Crippen molar-refractivity contribution in [2.45, 2.75) is 12.5 Å². The van der Waals surface area contributed by atoms with E-state index in [1.54, 1.807) is 19.5 Å². The summed E-state index contributed by atoms with van der Waals surface area (Å²) in [6, 6.07) is 22.3. The maximum absolute atomic E-state index is 12.8. The molecule has 0 fully saturated rings. The molecule has 0 saturated heterocycles. The minimum atomic E-state index is -1.10. The molecule has 1 heterocycles. The number of furan rings is 1. The first-order valence-electron chi connectivity index (χ1n) is 9.16. The molecule has 3 nitrogen and oxygen atoms in total. The molecule has 1 unspecified atom stereocenters. The highest BCUT2D eigenvalue weighted by Gasteiger charge is 2.47. The fourth-order valence-corrected chi connectivity index (χ4v) is 4.20. The van der Waals surface area contributed by atoms with Crippen molar-refractivity contribution >= 4 is 16.7 Å². The molecule has 1 aliphatic carbocycles. The molecule has 4 aromatic rings. The van der Waals surface area contributed by atoms with Crippen LogP contribution in [0.15, 0.2) is 95.8 Å². The van der Waals surface area contributed by atoms with Crippen LogP contribution in [0.1, 0.15) is 23.6 Å². The first-order chi connectivity index (χ1) is 13.6. The van der Waals surface area contributed by atoms with Crippen LogP contribution >= 0.6 is 0 Å². The smallest absolute Gasteiger partial charge is 0.334 e. The Balaban J connectivity index is 1.97. The molecular formula is C25H18O3. The third kappa shape index (κ3) is 2.13. The van der Waals surface area contributed by atoms with E-state index in [4.69, 9.17) is 9.15 Å². The lowest BCUT2D eigenvalue weighted by Crippen LogP contribution is -2.37. The van der Waals surface area contributed by atoms with E-state index in [2.05, 4.69) is 36.9 Å². The molecule has 3 heteroatoms. The lowest BCUT2D eigenvalue weighted by molar-refractivity contribution is -0.148. The third-order valence-corrected chi connectivity index (χ3v) is 5.40. The van der Waals surface area contributed by atoms with Crippen LogP contribution in [0.25, 0.3) is 21.9 Å². The second-order valence-corrected chi connectivity index (χ2v) is 7.12. The van der Waals surface area contributed by atoms with Crippen LogP contribution in [-0.2, 0) is 15.1 Å². The van der Waals surface area contributed by atoms with Crippen molar-refractivity contribution in [3.8, 4) is 11.1 Å². The average Bonchev–Trinajstić information content (AvgIpc) is 3.26. The third-order valence-electron chi connectivity index (χ3n) is 5.40. The normalized spacial score (nSPS) is 17.2. The van der Waals surface area contributed by atoms with E-state index in [1.165, 1.54) is 0 Å². The number of hydrogen-bond acceptors (Lipinski definition) is 3. The molecular weight excluding hydrogens is 348 g/mol. The Morgan fingerprint density at radius 1 is 0.929 bits per heavy atom. The van der Waals surface area contributed by atoms with Gasteiger partial charge in [-0.1, -0.05) is 67.2 Å². The zero-order valence-corrected chi connectivity index (χ0v) is 15.4. The van der Waals surface area contributed by atoms with Gasteiger partial charge in [-0.15, -0.1) is 0 Å². The standard InChI is InChI=1S/C25H18O3/c1-16(2)24(26)28-25(18-13-14-27-15-18)21-11-4-3-9-19(21)20-10-5-7-17-8-6-12-22(25)23(17)20/h3-15H,1H2,2H3. The van der Waals surface area contributed by atoms with Gasteiger partial charge >= 0.3 is 5.97 Å². The van der Waals surface area contributed by atoms with Crippen LogP contribution in [0.4, 0.5) is 0 Å². The summed E-state index contributed by atoms with van der Waals surface area (Å²) in [7, 11) is 0. The van der Waals surface area contributed by atoms with Gasteiger partial charge in [0.25, 0.3) is 0 Å². The van der Waals surface area contributed by atoms with Crippen molar-refractivity contribution < 1.29 is 13.9 Å². The zero-order valence-electron chi connectivity index (χ0n) is 15.4. The van der Waals surface area contributed by atoms with Crippen molar-refractivity contribution in [2.75, 3.05) is 0 Å². The Morgan fingerprint density at radius 3 is 2.39 bits per heavy atom. The van der Waals surface area contributed by atoms with E-state index >= 15 is 0 Å². The molecule has 1 atom stereocenters. The Morgan fingerprint density at radius 2 is 1.64 bits per heavy atom. The van der Waals surface area contributed by atoms with Gasteiger partial charge in [-0.3, -0.25) is 0 Å². The summed E-state index contributed by atoms with van der Waals surface area (Å²) in [5, 5.41) is 2.18. The summed E-state index contributed by atoms with van der Waals surface area (Å²) in [5.74, 6) is -0.438. The molecule has 0 N–H and O–H groups in total. The summed E-state index contributed by atoms with van der Waals surface area (Å²) in [6.45, 7) is 5.45. The van der Waals surface area contributed by atoms with Crippen LogP contribution in [0.3, 0.4) is 0 Å². The Bertz CT molecular complexity index is 1230. The molecule has 0 radical (unpaired) electrons. The molecule has 28 heavy (non-hydrogen) atoms. The Hall–Kier alpha value is -3.59. The van der Waals surface area contributed by atoms with Crippen molar-refractivity contribution in [3.63, 3.8) is 0 Å². The zero-order chi connectivity index (χ0) is 19.3. The molecule has 0 spiro atoms. The monoisotopic (exact) mass is 366 g/mol. The van der Waals surface area contributed by atoms with Crippen LogP contribution in [0.2, 0.25) is 0 Å². The lowest BCUT2D eigenvalue weighted by Gasteiger charge is -2.39. The van der Waals surface area contributed by atoms with Gasteiger partial charge in [-0.2, -0.15) is 0 Å². The summed E-state index contributed by atoms with van der Waals surface area (Å²) < 4.78 is 11.7. The van der Waals surface area contributed by atoms with Gasteiger partial charge in [0.2, 0.25) is 0 Å². The molecule has 1 aromatic heterocycles. The van der Waals surface area contributed by atoms with Gasteiger partial charge in [-0.25, -0.2) is 4.79 Å². The van der Waals surface area contributed by atoms with E-state index in [-0.39, 0.29) is 0 Å². The number of esters is 1. The highest BCUT2D eigenvalue weighted by atomic mass is 16.6. The van der Waals surface area contributed by atoms with Crippen LogP contribution in [-0.4, -0.2) is 5.97 Å². The molecule has 5 rings (SSSR count). The quantitative estimate of drug-likeness (QED) is 0.338. The van der Waals surface area contributed by atoms with E-state index in [1.807, 2.05) is 36.4 Å². The number of hydrogen-bond donors (Lipinski definition) is 0. The first kappa shape index (κ1) is 16.6. The van der Waals surface area contributed by atoms with Crippen molar-refractivity contribution in [1.82, 2.24) is 0 Å². The molecule has 0 bridgehead atoms. The second kappa shape index (κ2) is 5.96. The molecule has 136 valence electrons. The lowest BCUT2D eigenvalue weighted by atomic mass is 9.71. The van der Waals surface area contributed by atoms with Gasteiger partial charge in [0, 0.05) is 22.3 Å². The van der Waals surface area contributed by atoms with Gasteiger partial charge in [-0.05, 0) is 34.9 Å². The highest BCUT2D eigenvalue weighted by molar-refractivity contribution is 6.04. The summed E-state index contributed by atoms with van der Waals surface area (Å²) in [6.07, 6.45) is 3.25. The molecule has 3 aromatic carbocycles. The predicted octanol–water partition coefficient (Wildman–Crippen LogP) is 5.82. The van der Waals surface area contributed by atoms with E-state index in [0.29, 0.717) is 5.57 Å². The van der Waals surface area contributed by atoms with Gasteiger partial charge in [0.1, 0.15) is 0 Å². The largest absolute Gasteiger partial charge is 0.472 e. The van der Waals surface area contributed by atoms with Gasteiger partial charge < -0.3 is 9.15 Å². The number of carbonyl (C=O) groups excluding carboxylic acids is 1. The van der Waals surface area contributed by atoms with Crippen molar-refractivity contribution in [1.29, 1.82) is 0 Å². The summed E-state index contributed by atoms with van der Waals surface area (Å²) in [4.78, 5) is 12.8. The van der Waals surface area contributed by atoms with Crippen molar-refractivity contribution in [3.05, 3.63) is 108 Å². The maximum atomic E-state index is 12.8. The first-order valence-corrected chi connectivity index (χ1v) is 9.16. The molecule has 0 aliphatic heterocycles. The predicted molar refractivity (Wildman–Crippen MR) is 109 cm³/mol. The van der Waals surface area contributed by atoms with E-state index in [0.717, 1.165) is 38.6 Å². The number of carbonyl (C=O) groups is 1. The fraction of sp³-hybridized carbons (Fsp3) is 0.0800. The van der Waals surface area contributed by atoms with Crippen LogP contribution in [0, 0.1) is 0 Å². The number of rotatable bonds is 3. The fourth-order valence-electron chi connectivity index (χ4n) is 4.20. The summed E-state index contributed by atoms with van der Waals surface area (Å²) in [5.41, 5.74) is 4.04. The van der Waals surface area contributed by atoms with E-state index < -0.39 is 11.6 Å². The highest BCUT2D eigenvalue weighted by Crippen LogP contribution is 2.52.